The van der Waals surface area contributed by atoms with Gasteiger partial charge in [0.2, 0.25) is 0 Å². The summed E-state index contributed by atoms with van der Waals surface area (Å²) in [5, 5.41) is 4.40. The fourth-order valence-electron chi connectivity index (χ4n) is 1.83. The molecular formula is C17H24INO2Si. The minimum absolute atomic E-state index is 0.239. The summed E-state index contributed by atoms with van der Waals surface area (Å²) < 4.78 is 12.8. The fraction of sp³-hybridized carbons (Fsp3) is 0.471. The third-order valence-corrected chi connectivity index (χ3v) is 9.50. The topological polar surface area (TPSA) is 35.3 Å². The molecule has 3 nitrogen and oxygen atoms in total. The largest absolute Gasteiger partial charge is 0.416 e. The Morgan fingerprint density at radius 2 is 1.95 bits per heavy atom. The van der Waals surface area contributed by atoms with Gasteiger partial charge in [-0.05, 0) is 52.9 Å². The summed E-state index contributed by atoms with van der Waals surface area (Å²) in [6.07, 6.45) is 0.792. The second-order valence-electron chi connectivity index (χ2n) is 7.05. The van der Waals surface area contributed by atoms with Gasteiger partial charge in [0.25, 0.3) is 0 Å². The van der Waals surface area contributed by atoms with Crippen LogP contribution in [-0.2, 0) is 10.8 Å². The summed E-state index contributed by atoms with van der Waals surface area (Å²) in [6.45, 7) is 12.0. The minimum Gasteiger partial charge on any atom is -0.416 e. The zero-order valence-corrected chi connectivity index (χ0v) is 17.1. The Morgan fingerprint density at radius 1 is 1.23 bits per heavy atom. The van der Waals surface area contributed by atoms with Crippen LogP contribution in [0.15, 0.2) is 34.9 Å². The first-order valence-corrected chi connectivity index (χ1v) is 11.5. The molecule has 120 valence electrons. The lowest BCUT2D eigenvalue weighted by atomic mass is 10.1. The Kier molecular flexibility index (Phi) is 5.50. The molecule has 0 radical (unpaired) electrons. The van der Waals surface area contributed by atoms with Crippen LogP contribution < -0.4 is 0 Å². The van der Waals surface area contributed by atoms with Gasteiger partial charge in [0.05, 0.1) is 5.69 Å². The highest BCUT2D eigenvalue weighted by molar-refractivity contribution is 14.1. The summed E-state index contributed by atoms with van der Waals surface area (Å²) >= 11 is 2.30. The van der Waals surface area contributed by atoms with Gasteiger partial charge in [-0.25, -0.2) is 0 Å². The summed E-state index contributed by atoms with van der Waals surface area (Å²) in [6, 6.07) is 10.2. The van der Waals surface area contributed by atoms with Crippen LogP contribution in [0.2, 0.25) is 18.1 Å². The van der Waals surface area contributed by atoms with Gasteiger partial charge >= 0.3 is 0 Å². The average molecular weight is 429 g/mol. The van der Waals surface area contributed by atoms with Crippen molar-refractivity contribution in [2.45, 2.75) is 45.3 Å². The maximum absolute atomic E-state index is 6.19. The van der Waals surface area contributed by atoms with E-state index in [9.17, 15) is 0 Å². The van der Waals surface area contributed by atoms with E-state index in [1.807, 2.05) is 18.2 Å². The maximum atomic E-state index is 6.19. The lowest BCUT2D eigenvalue weighted by Crippen LogP contribution is -2.41. The molecule has 1 aromatic heterocycles. The van der Waals surface area contributed by atoms with Gasteiger partial charge in [-0.15, -0.1) is 0 Å². The van der Waals surface area contributed by atoms with Crippen LogP contribution in [0.1, 0.15) is 26.5 Å². The Bertz CT molecular complexity index is 632. The smallest absolute Gasteiger partial charge is 0.191 e. The quantitative estimate of drug-likeness (QED) is 0.464. The molecule has 0 bridgehead atoms. The molecule has 1 aromatic carbocycles. The molecule has 0 N–H and O–H groups in total. The van der Waals surface area contributed by atoms with Crippen molar-refractivity contribution < 1.29 is 8.95 Å². The van der Waals surface area contributed by atoms with Crippen LogP contribution >= 0.6 is 22.6 Å². The van der Waals surface area contributed by atoms with Crippen LogP contribution in [0.3, 0.4) is 0 Å². The first-order valence-electron chi connectivity index (χ1n) is 7.54. The third kappa shape index (κ3) is 4.42. The fourth-order valence-corrected chi connectivity index (χ4v) is 3.42. The Morgan fingerprint density at radius 3 is 2.59 bits per heavy atom. The lowest BCUT2D eigenvalue weighted by molar-refractivity contribution is 0.288. The Hall–Kier alpha value is -0.663. The van der Waals surface area contributed by atoms with Crippen LogP contribution in [0.4, 0.5) is 0 Å². The van der Waals surface area contributed by atoms with E-state index in [4.69, 9.17) is 8.95 Å². The first kappa shape index (κ1) is 17.7. The Labute approximate surface area is 147 Å². The van der Waals surface area contributed by atoms with Gasteiger partial charge in [-0.2, -0.15) is 0 Å². The number of halogens is 1. The molecule has 5 heteroatoms. The van der Waals surface area contributed by atoms with E-state index in [-0.39, 0.29) is 5.04 Å². The van der Waals surface area contributed by atoms with Crippen molar-refractivity contribution >= 4 is 30.9 Å². The molecule has 2 aromatic rings. The number of benzene rings is 1. The highest BCUT2D eigenvalue weighted by atomic mass is 127. The van der Waals surface area contributed by atoms with E-state index in [2.05, 4.69) is 73.7 Å². The van der Waals surface area contributed by atoms with Crippen molar-refractivity contribution in [3.63, 3.8) is 0 Å². The van der Waals surface area contributed by atoms with E-state index < -0.39 is 8.32 Å². The van der Waals surface area contributed by atoms with Crippen molar-refractivity contribution in [1.29, 1.82) is 0 Å². The van der Waals surface area contributed by atoms with Gasteiger partial charge < -0.3 is 8.95 Å². The van der Waals surface area contributed by atoms with Crippen molar-refractivity contribution in [3.8, 4) is 11.3 Å². The van der Waals surface area contributed by atoms with Gasteiger partial charge in [0.1, 0.15) is 0 Å². The van der Waals surface area contributed by atoms with Crippen molar-refractivity contribution in [1.82, 2.24) is 5.16 Å². The van der Waals surface area contributed by atoms with Crippen molar-refractivity contribution in [3.05, 3.63) is 39.6 Å². The summed E-state index contributed by atoms with van der Waals surface area (Å²) in [4.78, 5) is 0. The number of aromatic nitrogens is 1. The molecule has 0 atom stereocenters. The molecule has 0 unspecified atom stereocenters. The second kappa shape index (κ2) is 6.84. The number of nitrogens with zero attached hydrogens (tertiary/aromatic N) is 1. The van der Waals surface area contributed by atoms with Gasteiger partial charge in [-0.1, -0.05) is 38.1 Å². The summed E-state index contributed by atoms with van der Waals surface area (Å²) in [7, 11) is -1.68. The molecule has 0 saturated carbocycles. The van der Waals surface area contributed by atoms with Crippen LogP contribution in [0, 0.1) is 3.57 Å². The Balaban J connectivity index is 1.96. The molecule has 0 saturated heterocycles. The first-order chi connectivity index (χ1) is 10.2. The molecule has 0 aliphatic carbocycles. The van der Waals surface area contributed by atoms with E-state index in [0.29, 0.717) is 6.61 Å². The normalized spacial score (nSPS) is 12.6. The van der Waals surface area contributed by atoms with E-state index in [1.165, 1.54) is 3.57 Å². The zero-order valence-electron chi connectivity index (χ0n) is 13.9. The SMILES string of the molecule is CC(C)(C)[Si](C)(C)OCCc1cc(-c2cccc(I)c2)on1. The summed E-state index contributed by atoms with van der Waals surface area (Å²) in [5.41, 5.74) is 2.02. The number of hydrogen-bond donors (Lipinski definition) is 0. The molecule has 1 heterocycles. The molecule has 22 heavy (non-hydrogen) atoms. The number of rotatable bonds is 5. The zero-order chi connectivity index (χ0) is 16.4. The van der Waals surface area contributed by atoms with Crippen molar-refractivity contribution in [2.24, 2.45) is 0 Å². The monoisotopic (exact) mass is 429 g/mol. The standard InChI is InChI=1S/C17H24INO2Si/c1-17(2,3)22(4,5)20-10-9-15-12-16(21-19-15)13-7-6-8-14(18)11-13/h6-8,11-12H,9-10H2,1-5H3. The molecule has 2 rings (SSSR count). The molecule has 0 aliphatic rings. The molecule has 0 aliphatic heterocycles. The van der Waals surface area contributed by atoms with Crippen LogP contribution in [0.5, 0.6) is 0 Å². The third-order valence-electron chi connectivity index (χ3n) is 4.30. The van der Waals surface area contributed by atoms with Crippen molar-refractivity contribution in [2.75, 3.05) is 6.61 Å². The minimum atomic E-state index is -1.68. The highest BCUT2D eigenvalue weighted by Crippen LogP contribution is 2.36. The van der Waals surface area contributed by atoms with E-state index in [1.54, 1.807) is 0 Å². The maximum Gasteiger partial charge on any atom is 0.191 e. The second-order valence-corrected chi connectivity index (χ2v) is 13.1. The molecule has 0 amide bonds. The summed E-state index contributed by atoms with van der Waals surface area (Å²) in [5.74, 6) is 0.820. The van der Waals surface area contributed by atoms with E-state index >= 15 is 0 Å². The van der Waals surface area contributed by atoms with Crippen LogP contribution in [0.25, 0.3) is 11.3 Å². The highest BCUT2D eigenvalue weighted by Gasteiger charge is 2.36. The predicted molar refractivity (Wildman–Crippen MR) is 102 cm³/mol. The van der Waals surface area contributed by atoms with Gasteiger partial charge in [-0.3, -0.25) is 0 Å². The molecular weight excluding hydrogens is 405 g/mol. The molecule has 0 fully saturated rings. The molecule has 0 spiro atoms. The van der Waals surface area contributed by atoms with Gasteiger partial charge in [0, 0.05) is 28.2 Å². The lowest BCUT2D eigenvalue weighted by Gasteiger charge is -2.36. The van der Waals surface area contributed by atoms with E-state index in [0.717, 1.165) is 23.4 Å². The van der Waals surface area contributed by atoms with Gasteiger partial charge in [0.15, 0.2) is 14.1 Å². The average Bonchev–Trinajstić information content (AvgIpc) is 2.86. The number of hydrogen-bond acceptors (Lipinski definition) is 3. The predicted octanol–water partition coefficient (Wildman–Crippen LogP) is 5.51. The van der Waals surface area contributed by atoms with Crippen LogP contribution in [-0.4, -0.2) is 20.1 Å².